The van der Waals surface area contributed by atoms with Crippen molar-refractivity contribution in [1.82, 2.24) is 0 Å². The molecule has 0 aliphatic carbocycles. The van der Waals surface area contributed by atoms with Gasteiger partial charge in [-0.05, 0) is 67.1 Å². The Hall–Kier alpha value is -3.66. The van der Waals surface area contributed by atoms with Crippen LogP contribution in [0.4, 0.5) is 25.8 Å². The molecule has 1 aliphatic rings. The monoisotopic (exact) mass is 487 g/mol. The molecule has 1 fully saturated rings. The molecule has 3 aromatic carbocycles. The number of piperazine rings is 1. The summed E-state index contributed by atoms with van der Waals surface area (Å²) in [5.41, 5.74) is 1.73. The van der Waals surface area contributed by atoms with Gasteiger partial charge in [-0.3, -0.25) is 4.72 Å². The SMILES string of the molecule is Cc1ccc(F)cc1S(=O)(=O)Nc1ccc(N2CCN(c3ccc(F)cc3)CC2)c(C(=O)O)c1. The summed E-state index contributed by atoms with van der Waals surface area (Å²) in [6.07, 6.45) is 0. The molecule has 0 saturated carbocycles. The highest BCUT2D eigenvalue weighted by atomic mass is 32.2. The number of sulfonamides is 1. The van der Waals surface area contributed by atoms with E-state index >= 15 is 0 Å². The Balaban J connectivity index is 1.54. The van der Waals surface area contributed by atoms with Gasteiger partial charge in [-0.1, -0.05) is 6.07 Å². The standard InChI is InChI=1S/C24H23F2N3O4S/c1-16-2-3-18(26)14-23(16)34(32,33)27-19-6-9-22(21(15-19)24(30)31)29-12-10-28(11-13-29)20-7-4-17(25)5-8-20/h2-9,14-15,27H,10-13H2,1H3,(H,30,31). The normalized spacial score (nSPS) is 14.2. The van der Waals surface area contributed by atoms with Crippen molar-refractivity contribution >= 4 is 33.1 Å². The number of carboxylic acid groups (broad SMARTS) is 1. The van der Waals surface area contributed by atoms with Gasteiger partial charge in [0.25, 0.3) is 10.0 Å². The van der Waals surface area contributed by atoms with Gasteiger partial charge < -0.3 is 14.9 Å². The van der Waals surface area contributed by atoms with E-state index in [0.717, 1.165) is 11.8 Å². The molecule has 7 nitrogen and oxygen atoms in total. The lowest BCUT2D eigenvalue weighted by atomic mass is 10.1. The van der Waals surface area contributed by atoms with Crippen LogP contribution in [-0.2, 0) is 10.0 Å². The van der Waals surface area contributed by atoms with Gasteiger partial charge in [0.05, 0.1) is 16.1 Å². The van der Waals surface area contributed by atoms with Crippen molar-refractivity contribution in [3.8, 4) is 0 Å². The Labute approximate surface area is 196 Å². The summed E-state index contributed by atoms with van der Waals surface area (Å²) in [7, 11) is -4.12. The zero-order valence-corrected chi connectivity index (χ0v) is 19.1. The third-order valence-electron chi connectivity index (χ3n) is 5.73. The van der Waals surface area contributed by atoms with Gasteiger partial charge in [0, 0.05) is 37.6 Å². The molecule has 4 rings (SSSR count). The molecular formula is C24H23F2N3O4S. The molecule has 1 heterocycles. The van der Waals surface area contributed by atoms with E-state index in [1.807, 2.05) is 4.90 Å². The van der Waals surface area contributed by atoms with E-state index in [-0.39, 0.29) is 22.0 Å². The fourth-order valence-electron chi connectivity index (χ4n) is 3.98. The zero-order valence-electron chi connectivity index (χ0n) is 18.3. The van der Waals surface area contributed by atoms with Crippen LogP contribution in [0.5, 0.6) is 0 Å². The van der Waals surface area contributed by atoms with E-state index in [4.69, 9.17) is 0 Å². The summed E-state index contributed by atoms with van der Waals surface area (Å²) >= 11 is 0. The molecule has 0 radical (unpaired) electrons. The summed E-state index contributed by atoms with van der Waals surface area (Å²) < 4.78 is 54.7. The van der Waals surface area contributed by atoms with Crippen LogP contribution in [0.15, 0.2) is 65.6 Å². The Bertz CT molecular complexity index is 1320. The van der Waals surface area contributed by atoms with Crippen molar-refractivity contribution in [1.29, 1.82) is 0 Å². The maximum Gasteiger partial charge on any atom is 0.337 e. The molecule has 0 spiro atoms. The number of carboxylic acids is 1. The van der Waals surface area contributed by atoms with E-state index in [1.54, 1.807) is 25.1 Å². The Kier molecular flexibility index (Phi) is 6.43. The van der Waals surface area contributed by atoms with Crippen molar-refractivity contribution in [3.05, 3.63) is 83.4 Å². The van der Waals surface area contributed by atoms with E-state index in [1.165, 1.54) is 36.4 Å². The fourth-order valence-corrected chi connectivity index (χ4v) is 5.28. The number of benzene rings is 3. The first-order valence-corrected chi connectivity index (χ1v) is 12.0. The number of aromatic carboxylic acids is 1. The van der Waals surface area contributed by atoms with Crippen LogP contribution in [0, 0.1) is 18.6 Å². The molecule has 34 heavy (non-hydrogen) atoms. The van der Waals surface area contributed by atoms with Crippen LogP contribution in [-0.4, -0.2) is 45.7 Å². The summed E-state index contributed by atoms with van der Waals surface area (Å²) in [4.78, 5) is 15.8. The van der Waals surface area contributed by atoms with Crippen molar-refractivity contribution in [2.45, 2.75) is 11.8 Å². The summed E-state index contributed by atoms with van der Waals surface area (Å²) in [6, 6.07) is 14.0. The minimum absolute atomic E-state index is 0.0496. The number of hydrogen-bond acceptors (Lipinski definition) is 5. The van der Waals surface area contributed by atoms with Gasteiger partial charge in [0.2, 0.25) is 0 Å². The van der Waals surface area contributed by atoms with Crippen LogP contribution >= 0.6 is 0 Å². The molecule has 0 atom stereocenters. The van der Waals surface area contributed by atoms with Crippen molar-refractivity contribution < 1.29 is 27.1 Å². The minimum Gasteiger partial charge on any atom is -0.478 e. The second-order valence-electron chi connectivity index (χ2n) is 8.00. The van der Waals surface area contributed by atoms with Crippen LogP contribution in [0.25, 0.3) is 0 Å². The predicted molar refractivity (Wildman–Crippen MR) is 126 cm³/mol. The van der Waals surface area contributed by atoms with Crippen molar-refractivity contribution in [3.63, 3.8) is 0 Å². The smallest absolute Gasteiger partial charge is 0.337 e. The lowest BCUT2D eigenvalue weighted by Crippen LogP contribution is -2.47. The molecule has 0 amide bonds. The molecule has 1 aliphatic heterocycles. The van der Waals surface area contributed by atoms with Gasteiger partial charge in [-0.15, -0.1) is 0 Å². The maximum absolute atomic E-state index is 13.6. The van der Waals surface area contributed by atoms with Crippen LogP contribution < -0.4 is 14.5 Å². The first-order valence-electron chi connectivity index (χ1n) is 10.6. The summed E-state index contributed by atoms with van der Waals surface area (Å²) in [5.74, 6) is -2.19. The lowest BCUT2D eigenvalue weighted by molar-refractivity contribution is 0.0697. The minimum atomic E-state index is -4.12. The third-order valence-corrected chi connectivity index (χ3v) is 7.25. The Morgan fingerprint density at radius 1 is 0.882 bits per heavy atom. The highest BCUT2D eigenvalue weighted by Crippen LogP contribution is 2.28. The van der Waals surface area contributed by atoms with E-state index < -0.39 is 21.8 Å². The molecule has 2 N–H and O–H groups in total. The molecule has 0 bridgehead atoms. The third kappa shape index (κ3) is 4.96. The van der Waals surface area contributed by atoms with E-state index in [0.29, 0.717) is 37.4 Å². The van der Waals surface area contributed by atoms with E-state index in [9.17, 15) is 27.1 Å². The van der Waals surface area contributed by atoms with Crippen molar-refractivity contribution in [2.75, 3.05) is 40.7 Å². The first kappa shape index (κ1) is 23.5. The molecule has 0 unspecified atom stereocenters. The summed E-state index contributed by atoms with van der Waals surface area (Å²) in [6.45, 7) is 3.83. The number of hydrogen-bond donors (Lipinski definition) is 2. The Morgan fingerprint density at radius 3 is 2.15 bits per heavy atom. The molecule has 10 heteroatoms. The number of rotatable bonds is 6. The number of nitrogens with one attached hydrogen (secondary N) is 1. The van der Waals surface area contributed by atoms with Gasteiger partial charge >= 0.3 is 5.97 Å². The molecule has 1 saturated heterocycles. The topological polar surface area (TPSA) is 90.0 Å². The van der Waals surface area contributed by atoms with Crippen LogP contribution in [0.3, 0.4) is 0 Å². The fraction of sp³-hybridized carbons (Fsp3) is 0.208. The quantitative estimate of drug-likeness (QED) is 0.544. The number of carbonyl (C=O) groups is 1. The second kappa shape index (κ2) is 9.30. The molecular weight excluding hydrogens is 464 g/mol. The predicted octanol–water partition coefficient (Wildman–Crippen LogP) is 4.10. The Morgan fingerprint density at radius 2 is 1.50 bits per heavy atom. The number of halogens is 2. The van der Waals surface area contributed by atoms with Crippen LogP contribution in [0.2, 0.25) is 0 Å². The number of aryl methyl sites for hydroxylation is 1. The average Bonchev–Trinajstić information content (AvgIpc) is 2.81. The lowest BCUT2D eigenvalue weighted by Gasteiger charge is -2.38. The number of anilines is 3. The molecule has 0 aromatic heterocycles. The first-order chi connectivity index (χ1) is 16.1. The summed E-state index contributed by atoms with van der Waals surface area (Å²) in [5, 5.41) is 9.77. The van der Waals surface area contributed by atoms with Gasteiger partial charge in [0.15, 0.2) is 0 Å². The van der Waals surface area contributed by atoms with Gasteiger partial charge in [0.1, 0.15) is 11.6 Å². The van der Waals surface area contributed by atoms with Crippen molar-refractivity contribution in [2.24, 2.45) is 0 Å². The molecule has 3 aromatic rings. The zero-order chi connectivity index (χ0) is 24.5. The second-order valence-corrected chi connectivity index (χ2v) is 9.65. The van der Waals surface area contributed by atoms with Crippen LogP contribution in [0.1, 0.15) is 15.9 Å². The number of nitrogens with zero attached hydrogens (tertiary/aromatic N) is 2. The largest absolute Gasteiger partial charge is 0.478 e. The highest BCUT2D eigenvalue weighted by molar-refractivity contribution is 7.92. The van der Waals surface area contributed by atoms with E-state index in [2.05, 4.69) is 9.62 Å². The van der Waals surface area contributed by atoms with Gasteiger partial charge in [-0.25, -0.2) is 22.0 Å². The highest BCUT2D eigenvalue weighted by Gasteiger charge is 2.24. The molecule has 178 valence electrons. The average molecular weight is 488 g/mol. The maximum atomic E-state index is 13.6. The van der Waals surface area contributed by atoms with Gasteiger partial charge in [-0.2, -0.15) is 0 Å².